The molecule has 1 aliphatic rings. The summed E-state index contributed by atoms with van der Waals surface area (Å²) in [5.74, 6) is 0.830. The van der Waals surface area contributed by atoms with Crippen LogP contribution in [0, 0.1) is 13.8 Å². The van der Waals surface area contributed by atoms with Crippen LogP contribution in [0.2, 0.25) is 0 Å². The fourth-order valence-electron chi connectivity index (χ4n) is 2.97. The van der Waals surface area contributed by atoms with Crippen LogP contribution < -0.4 is 10.2 Å². The van der Waals surface area contributed by atoms with Crippen molar-refractivity contribution in [3.63, 3.8) is 0 Å². The van der Waals surface area contributed by atoms with Crippen LogP contribution >= 0.6 is 11.3 Å². The predicted octanol–water partition coefficient (Wildman–Crippen LogP) is 1.21. The van der Waals surface area contributed by atoms with E-state index in [1.807, 2.05) is 26.0 Å². The Kier molecular flexibility index (Phi) is 3.64. The third kappa shape index (κ3) is 2.71. The number of carbonyl (C=O) groups excluding carboxylic acids is 1. The predicted molar refractivity (Wildman–Crippen MR) is 90.5 cm³/mol. The number of rotatable bonds is 3. The number of anilines is 1. The minimum absolute atomic E-state index is 0.0350. The van der Waals surface area contributed by atoms with Gasteiger partial charge in [-0.2, -0.15) is 4.52 Å². The molecule has 0 spiro atoms. The van der Waals surface area contributed by atoms with Crippen molar-refractivity contribution in [3.05, 3.63) is 34.0 Å². The minimum atomic E-state index is -0.0350. The second-order valence-corrected chi connectivity index (χ2v) is 7.08. The van der Waals surface area contributed by atoms with Crippen LogP contribution in [0.5, 0.6) is 0 Å². The largest absolute Gasteiger partial charge is 0.353 e. The number of thiazole rings is 1. The fraction of sp³-hybridized carbons (Fsp3) is 0.400. The number of aromatic nitrogens is 5. The Morgan fingerprint density at radius 3 is 3.04 bits per heavy atom. The molecule has 3 aromatic heterocycles. The first-order chi connectivity index (χ1) is 11.6. The fourth-order valence-corrected chi connectivity index (χ4v) is 3.79. The van der Waals surface area contributed by atoms with E-state index in [0.29, 0.717) is 4.88 Å². The minimum Gasteiger partial charge on any atom is -0.353 e. The van der Waals surface area contributed by atoms with Gasteiger partial charge in [-0.15, -0.1) is 26.6 Å². The van der Waals surface area contributed by atoms with Crippen molar-refractivity contribution in [2.45, 2.75) is 26.3 Å². The number of aryl methyl sites for hydroxylation is 2. The average Bonchev–Trinajstić information content (AvgIpc) is 3.26. The van der Waals surface area contributed by atoms with Gasteiger partial charge in [0.05, 0.1) is 10.7 Å². The van der Waals surface area contributed by atoms with Crippen LogP contribution in [0.3, 0.4) is 0 Å². The molecule has 0 bridgehead atoms. The highest BCUT2D eigenvalue weighted by Crippen LogP contribution is 2.20. The van der Waals surface area contributed by atoms with E-state index < -0.39 is 0 Å². The lowest BCUT2D eigenvalue weighted by Crippen LogP contribution is -2.37. The Hall–Kier alpha value is -2.55. The Morgan fingerprint density at radius 2 is 2.25 bits per heavy atom. The SMILES string of the molecule is Cc1nc(C)c(C(=O)NC2CCN(c3ccc4nncn4n3)C2)s1. The molecule has 1 fully saturated rings. The summed E-state index contributed by atoms with van der Waals surface area (Å²) in [4.78, 5) is 19.6. The molecule has 1 atom stereocenters. The zero-order chi connectivity index (χ0) is 16.7. The van der Waals surface area contributed by atoms with Gasteiger partial charge in [0, 0.05) is 19.1 Å². The van der Waals surface area contributed by atoms with Crippen LogP contribution in [0.15, 0.2) is 18.5 Å². The second kappa shape index (κ2) is 5.82. The smallest absolute Gasteiger partial charge is 0.263 e. The zero-order valence-corrected chi connectivity index (χ0v) is 14.2. The highest BCUT2D eigenvalue weighted by molar-refractivity contribution is 7.13. The van der Waals surface area contributed by atoms with Gasteiger partial charge in [0.15, 0.2) is 5.65 Å². The summed E-state index contributed by atoms with van der Waals surface area (Å²) < 4.78 is 1.66. The second-order valence-electron chi connectivity index (χ2n) is 5.88. The number of nitrogens with zero attached hydrogens (tertiary/aromatic N) is 6. The normalized spacial score (nSPS) is 17.6. The standard InChI is InChI=1S/C15H17N7OS/c1-9-14(24-10(2)17-9)15(23)18-11-5-6-21(7-11)13-4-3-12-19-16-8-22(12)20-13/h3-4,8,11H,5-7H2,1-2H3,(H,18,23). The summed E-state index contributed by atoms with van der Waals surface area (Å²) in [5, 5.41) is 16.3. The van der Waals surface area contributed by atoms with Crippen molar-refractivity contribution < 1.29 is 4.79 Å². The van der Waals surface area contributed by atoms with Gasteiger partial charge in [-0.1, -0.05) is 0 Å². The summed E-state index contributed by atoms with van der Waals surface area (Å²) in [5.41, 5.74) is 1.52. The number of fused-ring (bicyclic) bond motifs is 1. The van der Waals surface area contributed by atoms with Crippen molar-refractivity contribution in [2.75, 3.05) is 18.0 Å². The number of amides is 1. The highest BCUT2D eigenvalue weighted by Gasteiger charge is 2.26. The van der Waals surface area contributed by atoms with Gasteiger partial charge in [-0.25, -0.2) is 4.98 Å². The molecule has 8 nitrogen and oxygen atoms in total. The van der Waals surface area contributed by atoms with E-state index in [2.05, 4.69) is 30.5 Å². The van der Waals surface area contributed by atoms with Gasteiger partial charge in [0.2, 0.25) is 0 Å². The summed E-state index contributed by atoms with van der Waals surface area (Å²) in [6.07, 6.45) is 2.48. The zero-order valence-electron chi connectivity index (χ0n) is 13.4. The number of nitrogens with one attached hydrogen (secondary N) is 1. The Labute approximate surface area is 142 Å². The summed E-state index contributed by atoms with van der Waals surface area (Å²) in [7, 11) is 0. The van der Waals surface area contributed by atoms with Crippen molar-refractivity contribution in [1.82, 2.24) is 30.1 Å². The molecule has 1 N–H and O–H groups in total. The van der Waals surface area contributed by atoms with Crippen molar-refractivity contribution in [3.8, 4) is 0 Å². The first-order valence-corrected chi connectivity index (χ1v) is 8.59. The monoisotopic (exact) mass is 343 g/mol. The molecule has 1 aliphatic heterocycles. The van der Waals surface area contributed by atoms with Gasteiger partial charge < -0.3 is 10.2 Å². The van der Waals surface area contributed by atoms with Gasteiger partial charge in [-0.3, -0.25) is 4.79 Å². The van der Waals surface area contributed by atoms with Crippen LogP contribution in [-0.2, 0) is 0 Å². The van der Waals surface area contributed by atoms with Crippen LogP contribution in [0.25, 0.3) is 5.65 Å². The molecule has 0 aromatic carbocycles. The summed E-state index contributed by atoms with van der Waals surface area (Å²) >= 11 is 1.44. The van der Waals surface area contributed by atoms with E-state index in [9.17, 15) is 4.79 Å². The summed E-state index contributed by atoms with van der Waals surface area (Å²) in [6, 6.07) is 3.94. The maximum absolute atomic E-state index is 12.4. The molecule has 124 valence electrons. The molecule has 4 rings (SSSR count). The Morgan fingerprint density at radius 1 is 1.38 bits per heavy atom. The summed E-state index contributed by atoms with van der Waals surface area (Å²) in [6.45, 7) is 5.38. The molecule has 1 unspecified atom stereocenters. The van der Waals surface area contributed by atoms with Crippen LogP contribution in [0.4, 0.5) is 5.82 Å². The topological polar surface area (TPSA) is 88.3 Å². The molecule has 3 aromatic rings. The molecular weight excluding hydrogens is 326 g/mol. The number of hydrogen-bond donors (Lipinski definition) is 1. The third-order valence-electron chi connectivity index (χ3n) is 4.10. The van der Waals surface area contributed by atoms with E-state index in [1.54, 1.807) is 10.8 Å². The molecule has 0 radical (unpaired) electrons. The van der Waals surface area contributed by atoms with Crippen LogP contribution in [-0.4, -0.2) is 49.8 Å². The molecule has 0 aliphatic carbocycles. The molecule has 1 amide bonds. The molecule has 24 heavy (non-hydrogen) atoms. The lowest BCUT2D eigenvalue weighted by molar-refractivity contribution is 0.0943. The third-order valence-corrected chi connectivity index (χ3v) is 5.18. The quantitative estimate of drug-likeness (QED) is 0.769. The molecule has 1 saturated heterocycles. The lowest BCUT2D eigenvalue weighted by atomic mass is 10.2. The van der Waals surface area contributed by atoms with Crippen molar-refractivity contribution in [1.29, 1.82) is 0 Å². The molecule has 9 heteroatoms. The maximum Gasteiger partial charge on any atom is 0.263 e. The van der Waals surface area contributed by atoms with Gasteiger partial charge in [0.25, 0.3) is 5.91 Å². The lowest BCUT2D eigenvalue weighted by Gasteiger charge is -2.17. The van der Waals surface area contributed by atoms with Gasteiger partial charge in [0.1, 0.15) is 17.0 Å². The van der Waals surface area contributed by atoms with E-state index >= 15 is 0 Å². The molecule has 0 saturated carbocycles. The van der Waals surface area contributed by atoms with E-state index in [-0.39, 0.29) is 11.9 Å². The molecular formula is C15H17N7OS. The van der Waals surface area contributed by atoms with Crippen molar-refractivity contribution >= 4 is 28.7 Å². The molecule has 4 heterocycles. The van der Waals surface area contributed by atoms with E-state index in [0.717, 1.165) is 41.7 Å². The average molecular weight is 343 g/mol. The Bertz CT molecular complexity index is 902. The number of carbonyl (C=O) groups is 1. The Balaban J connectivity index is 1.44. The van der Waals surface area contributed by atoms with E-state index in [4.69, 9.17) is 0 Å². The first kappa shape index (κ1) is 15.0. The maximum atomic E-state index is 12.4. The van der Waals surface area contributed by atoms with E-state index in [1.165, 1.54) is 11.3 Å². The highest BCUT2D eigenvalue weighted by atomic mass is 32.1. The van der Waals surface area contributed by atoms with Crippen LogP contribution in [0.1, 0.15) is 26.8 Å². The number of hydrogen-bond acceptors (Lipinski definition) is 7. The van der Waals surface area contributed by atoms with Gasteiger partial charge >= 0.3 is 0 Å². The first-order valence-electron chi connectivity index (χ1n) is 7.77. The van der Waals surface area contributed by atoms with Gasteiger partial charge in [-0.05, 0) is 32.4 Å². The van der Waals surface area contributed by atoms with Crippen molar-refractivity contribution in [2.24, 2.45) is 0 Å².